The van der Waals surface area contributed by atoms with Gasteiger partial charge in [0.1, 0.15) is 6.04 Å². The molecule has 0 aromatic rings. The van der Waals surface area contributed by atoms with Crippen LogP contribution in [0, 0.1) is 0 Å². The molecule has 5 N–H and O–H groups in total. The number of carboxylic acids is 1. The lowest BCUT2D eigenvalue weighted by Gasteiger charge is -1.99. The predicted molar refractivity (Wildman–Crippen MR) is 55.8 cm³/mol. The van der Waals surface area contributed by atoms with Crippen molar-refractivity contribution in [1.29, 1.82) is 0 Å². The fraction of sp³-hybridized carbons (Fsp3) is 0.778. The highest BCUT2D eigenvalue weighted by molar-refractivity contribution is 5.87. The second-order valence-corrected chi connectivity index (χ2v) is 3.19. The quantitative estimate of drug-likeness (QED) is 0.348. The Morgan fingerprint density at radius 3 is 2.19 bits per heavy atom. The van der Waals surface area contributed by atoms with E-state index >= 15 is 0 Å². The zero-order valence-corrected chi connectivity index (χ0v) is 8.98. The Bertz CT molecular complexity index is 218. The van der Waals surface area contributed by atoms with Crippen LogP contribution in [0.4, 0.5) is 0 Å². The van der Waals surface area contributed by atoms with E-state index in [1.165, 1.54) is 0 Å². The van der Waals surface area contributed by atoms with Crippen molar-refractivity contribution in [2.75, 3.05) is 26.3 Å². The van der Waals surface area contributed by atoms with E-state index in [1.54, 1.807) is 0 Å². The van der Waals surface area contributed by atoms with Gasteiger partial charge in [0.2, 0.25) is 5.91 Å². The average Bonchev–Trinajstić information content (AvgIpc) is 2.67. The molecule has 1 rings (SSSR count). The van der Waals surface area contributed by atoms with Crippen LogP contribution in [-0.4, -0.2) is 59.5 Å². The minimum Gasteiger partial charge on any atom is -0.480 e. The minimum atomic E-state index is -0.944. The average molecular weight is 234 g/mol. The van der Waals surface area contributed by atoms with Crippen LogP contribution in [0.25, 0.3) is 0 Å². The molecular formula is C9H18N2O5. The van der Waals surface area contributed by atoms with Gasteiger partial charge in [0, 0.05) is 19.5 Å². The fourth-order valence-corrected chi connectivity index (χ4v) is 1.08. The van der Waals surface area contributed by atoms with Gasteiger partial charge >= 0.3 is 5.97 Å². The number of hydrogen-bond acceptors (Lipinski definition) is 5. The van der Waals surface area contributed by atoms with E-state index in [0.29, 0.717) is 25.9 Å². The Kier molecular flexibility index (Phi) is 8.41. The first-order chi connectivity index (χ1) is 7.61. The zero-order valence-electron chi connectivity index (χ0n) is 8.98. The summed E-state index contributed by atoms with van der Waals surface area (Å²) >= 11 is 0. The van der Waals surface area contributed by atoms with Gasteiger partial charge in [0.15, 0.2) is 0 Å². The van der Waals surface area contributed by atoms with Crippen molar-refractivity contribution in [2.45, 2.75) is 18.9 Å². The Morgan fingerprint density at radius 1 is 1.38 bits per heavy atom. The molecule has 1 aliphatic heterocycles. The topological polar surface area (TPSA) is 119 Å². The highest BCUT2D eigenvalue weighted by atomic mass is 16.4. The summed E-state index contributed by atoms with van der Waals surface area (Å²) in [4.78, 5) is 20.5. The van der Waals surface area contributed by atoms with Crippen molar-refractivity contribution in [3.63, 3.8) is 0 Å². The van der Waals surface area contributed by atoms with Crippen molar-refractivity contribution in [2.24, 2.45) is 0 Å². The van der Waals surface area contributed by atoms with E-state index < -0.39 is 12.0 Å². The fourth-order valence-electron chi connectivity index (χ4n) is 1.08. The van der Waals surface area contributed by atoms with Crippen molar-refractivity contribution < 1.29 is 24.9 Å². The monoisotopic (exact) mass is 234 g/mol. The van der Waals surface area contributed by atoms with Crippen molar-refractivity contribution in [3.8, 4) is 0 Å². The van der Waals surface area contributed by atoms with Gasteiger partial charge < -0.3 is 26.0 Å². The molecule has 94 valence electrons. The molecule has 1 heterocycles. The van der Waals surface area contributed by atoms with E-state index in [9.17, 15) is 9.59 Å². The maximum Gasteiger partial charge on any atom is 0.326 e. The number of aliphatic carboxylic acids is 1. The van der Waals surface area contributed by atoms with Crippen LogP contribution in [0.2, 0.25) is 0 Å². The molecule has 1 aliphatic rings. The summed E-state index contributed by atoms with van der Waals surface area (Å²) in [5, 5.41) is 29.7. The van der Waals surface area contributed by atoms with Gasteiger partial charge in [-0.05, 0) is 6.42 Å². The summed E-state index contributed by atoms with van der Waals surface area (Å²) in [5.41, 5.74) is 0. The van der Waals surface area contributed by atoms with Crippen LogP contribution in [0.5, 0.6) is 0 Å². The second-order valence-electron chi connectivity index (χ2n) is 3.19. The molecule has 1 fully saturated rings. The molecule has 0 bridgehead atoms. The lowest BCUT2D eigenvalue weighted by molar-refractivity contribution is -0.140. The molecule has 0 radical (unpaired) electrons. The summed E-state index contributed by atoms with van der Waals surface area (Å²) in [6.45, 7) is 1.42. The van der Waals surface area contributed by atoms with Gasteiger partial charge in [0.25, 0.3) is 0 Å². The summed E-state index contributed by atoms with van der Waals surface area (Å²) in [7, 11) is 0. The van der Waals surface area contributed by atoms with Crippen LogP contribution in [0.1, 0.15) is 12.8 Å². The lowest BCUT2D eigenvalue weighted by atomic mass is 10.2. The highest BCUT2D eigenvalue weighted by Crippen LogP contribution is 2.05. The molecule has 16 heavy (non-hydrogen) atoms. The lowest BCUT2D eigenvalue weighted by Crippen LogP contribution is -2.32. The van der Waals surface area contributed by atoms with Gasteiger partial charge in [-0.3, -0.25) is 4.79 Å². The second kappa shape index (κ2) is 9.08. The first-order valence-corrected chi connectivity index (χ1v) is 5.06. The molecule has 7 heteroatoms. The zero-order chi connectivity index (χ0) is 12.4. The molecule has 1 saturated heterocycles. The molecule has 0 aromatic carbocycles. The van der Waals surface area contributed by atoms with E-state index in [-0.39, 0.29) is 19.1 Å². The summed E-state index contributed by atoms with van der Waals surface area (Å²) in [6, 6.07) is -0.641. The molecule has 1 amide bonds. The van der Waals surface area contributed by atoms with E-state index in [1.807, 2.05) is 0 Å². The van der Waals surface area contributed by atoms with E-state index in [2.05, 4.69) is 10.6 Å². The van der Waals surface area contributed by atoms with Gasteiger partial charge in [-0.2, -0.15) is 0 Å². The summed E-state index contributed by atoms with van der Waals surface area (Å²) in [6.07, 6.45) is 0.769. The SMILES string of the molecule is O=C1CCC(C(=O)O)N1.OCCNCCO. The number of carbonyl (C=O) groups excluding carboxylic acids is 1. The van der Waals surface area contributed by atoms with Crippen LogP contribution < -0.4 is 10.6 Å². The predicted octanol–water partition coefficient (Wildman–Crippen LogP) is -2.09. The number of aliphatic hydroxyl groups excluding tert-OH is 2. The van der Waals surface area contributed by atoms with E-state index in [0.717, 1.165) is 0 Å². The largest absolute Gasteiger partial charge is 0.480 e. The van der Waals surface area contributed by atoms with Crippen LogP contribution in [0.3, 0.4) is 0 Å². The third kappa shape index (κ3) is 7.16. The molecule has 7 nitrogen and oxygen atoms in total. The van der Waals surface area contributed by atoms with Crippen molar-refractivity contribution in [3.05, 3.63) is 0 Å². The number of hydrogen-bond donors (Lipinski definition) is 5. The molecule has 1 atom stereocenters. The number of rotatable bonds is 5. The van der Waals surface area contributed by atoms with Gasteiger partial charge in [-0.25, -0.2) is 4.79 Å². The van der Waals surface area contributed by atoms with E-state index in [4.69, 9.17) is 15.3 Å². The van der Waals surface area contributed by atoms with Crippen molar-refractivity contribution in [1.82, 2.24) is 10.6 Å². The van der Waals surface area contributed by atoms with Crippen LogP contribution in [-0.2, 0) is 9.59 Å². The molecule has 0 aliphatic carbocycles. The van der Waals surface area contributed by atoms with Gasteiger partial charge in [-0.15, -0.1) is 0 Å². The third-order valence-corrected chi connectivity index (χ3v) is 1.87. The summed E-state index contributed by atoms with van der Waals surface area (Å²) < 4.78 is 0. The number of aliphatic hydroxyl groups is 2. The Labute approximate surface area is 93.5 Å². The Hall–Kier alpha value is -1.18. The minimum absolute atomic E-state index is 0.139. The number of carbonyl (C=O) groups is 2. The molecule has 0 saturated carbocycles. The van der Waals surface area contributed by atoms with Gasteiger partial charge in [0.05, 0.1) is 13.2 Å². The Morgan fingerprint density at radius 2 is 1.94 bits per heavy atom. The highest BCUT2D eigenvalue weighted by Gasteiger charge is 2.26. The van der Waals surface area contributed by atoms with Crippen LogP contribution in [0.15, 0.2) is 0 Å². The third-order valence-electron chi connectivity index (χ3n) is 1.87. The number of nitrogens with one attached hydrogen (secondary N) is 2. The maximum absolute atomic E-state index is 10.4. The number of amides is 1. The first-order valence-electron chi connectivity index (χ1n) is 5.06. The van der Waals surface area contributed by atoms with Crippen molar-refractivity contribution >= 4 is 11.9 Å². The molecule has 0 spiro atoms. The van der Waals surface area contributed by atoms with Gasteiger partial charge in [-0.1, -0.05) is 0 Å². The number of carboxylic acid groups (broad SMARTS) is 1. The first kappa shape index (κ1) is 14.8. The Balaban J connectivity index is 0.000000293. The van der Waals surface area contributed by atoms with Crippen LogP contribution >= 0.6 is 0 Å². The standard InChI is InChI=1S/C5H7NO3.C4H11NO2/c7-4-2-1-3(6-4)5(8)9;6-3-1-5-2-4-7/h3H,1-2H2,(H,6,7)(H,8,9);5-7H,1-4H2. The summed E-state index contributed by atoms with van der Waals surface area (Å²) in [5.74, 6) is -1.11. The smallest absolute Gasteiger partial charge is 0.326 e. The normalized spacial score (nSPS) is 18.6. The molecule has 1 unspecified atom stereocenters. The maximum atomic E-state index is 10.4. The molecule has 0 aromatic heterocycles. The molecular weight excluding hydrogens is 216 g/mol.